The summed E-state index contributed by atoms with van der Waals surface area (Å²) in [6, 6.07) is 42.5. The first-order valence-electron chi connectivity index (χ1n) is 13.6. The third-order valence-electron chi connectivity index (χ3n) is 6.94. The van der Waals surface area contributed by atoms with Crippen LogP contribution < -0.4 is 10.9 Å². The molecule has 4 aromatic carbocycles. The van der Waals surface area contributed by atoms with Gasteiger partial charge in [0.05, 0.1) is 21.0 Å². The average molecular weight is 525 g/mol. The predicted molar refractivity (Wildman–Crippen MR) is 172 cm³/mol. The summed E-state index contributed by atoms with van der Waals surface area (Å²) in [7, 11) is -0.647. The van der Waals surface area contributed by atoms with Crippen LogP contribution in [0.5, 0.6) is 0 Å². The van der Waals surface area contributed by atoms with Crippen molar-refractivity contribution in [1.82, 2.24) is 9.55 Å². The van der Waals surface area contributed by atoms with Crippen molar-refractivity contribution in [1.29, 1.82) is 0 Å². The van der Waals surface area contributed by atoms with Gasteiger partial charge in [0.1, 0.15) is 0 Å². The van der Waals surface area contributed by atoms with Gasteiger partial charge in [-0.1, -0.05) is 152 Å². The summed E-state index contributed by atoms with van der Waals surface area (Å²) in [6.45, 7) is 8.67. The van der Waals surface area contributed by atoms with Crippen LogP contribution in [0.15, 0.2) is 164 Å². The quantitative estimate of drug-likeness (QED) is 0.217. The molecule has 0 N–H and O–H groups in total. The van der Waals surface area contributed by atoms with E-state index in [-0.39, 0.29) is 5.16 Å². The Morgan fingerprint density at radius 2 is 1.21 bits per heavy atom. The molecule has 0 aliphatic carbocycles. The maximum absolute atomic E-state index is 4.34. The average Bonchev–Trinajstić information content (AvgIpc) is 3.54. The largest absolute Gasteiger partial charge is 0.326 e. The molecular formula is C35H37BN2Si. The van der Waals surface area contributed by atoms with E-state index >= 15 is 0 Å². The number of allylic oxidation sites excluding steroid dienone is 1. The zero-order chi connectivity index (χ0) is 27.3. The molecule has 2 nitrogen and oxygen atoms in total. The van der Waals surface area contributed by atoms with Crippen molar-refractivity contribution in [2.24, 2.45) is 5.92 Å². The van der Waals surface area contributed by atoms with E-state index in [2.05, 4.69) is 157 Å². The molecule has 1 heterocycles. The van der Waals surface area contributed by atoms with Crippen LogP contribution in [0, 0.1) is 5.92 Å². The summed E-state index contributed by atoms with van der Waals surface area (Å²) in [5, 5.41) is -0.148. The minimum Gasteiger partial charge on any atom is -0.326 e. The van der Waals surface area contributed by atoms with Crippen LogP contribution >= 0.6 is 0 Å². The number of benzene rings is 4. The van der Waals surface area contributed by atoms with E-state index in [9.17, 15) is 0 Å². The summed E-state index contributed by atoms with van der Waals surface area (Å²) < 4.78 is 2.29. The first-order chi connectivity index (χ1) is 19.1. The highest BCUT2D eigenvalue weighted by Gasteiger charge is 2.34. The predicted octanol–water partition coefficient (Wildman–Crippen LogP) is 5.99. The van der Waals surface area contributed by atoms with Crippen molar-refractivity contribution < 1.29 is 0 Å². The van der Waals surface area contributed by atoms with E-state index in [4.69, 9.17) is 0 Å². The highest BCUT2D eigenvalue weighted by atomic mass is 28.2. The van der Waals surface area contributed by atoms with E-state index in [1.807, 2.05) is 30.6 Å². The smallest absolute Gasteiger partial charge is 0.233 e. The van der Waals surface area contributed by atoms with E-state index < -0.39 is 9.52 Å². The van der Waals surface area contributed by atoms with Gasteiger partial charge in [-0.15, -0.1) is 18.3 Å². The molecule has 4 heteroatoms. The molecule has 0 amide bonds. The van der Waals surface area contributed by atoms with E-state index in [0.29, 0.717) is 12.6 Å². The van der Waals surface area contributed by atoms with E-state index in [1.165, 1.54) is 22.1 Å². The third kappa shape index (κ3) is 7.04. The van der Waals surface area contributed by atoms with Crippen LogP contribution in [0.3, 0.4) is 0 Å². The number of nitrogens with zero attached hydrogens (tertiary/aromatic N) is 2. The standard InChI is InChI=1S/C21H24N2Si.C14H13B/c1-18(2)13-16-24-21(23-15-14-22-17-23,19-9-5-3-6-10-19)20-11-7-4-8-12-20;1-2-15(13-9-5-3-6-10-13)14-11-7-4-8-12-14/h3-18H,24H2,1-2H3;2-12H,1H2. The number of aromatic nitrogens is 2. The Morgan fingerprint density at radius 3 is 1.59 bits per heavy atom. The monoisotopic (exact) mass is 524 g/mol. The number of hydrogen-bond donors (Lipinski definition) is 0. The highest BCUT2D eigenvalue weighted by Crippen LogP contribution is 2.33. The molecule has 0 fully saturated rings. The molecule has 39 heavy (non-hydrogen) atoms. The first-order valence-corrected chi connectivity index (χ1v) is 15.2. The lowest BCUT2D eigenvalue weighted by molar-refractivity contribution is 0.596. The number of imidazole rings is 1. The Balaban J connectivity index is 0.000000202. The normalized spacial score (nSPS) is 11.5. The summed E-state index contributed by atoms with van der Waals surface area (Å²) in [5.74, 6) is 2.56. The zero-order valence-corrected chi connectivity index (χ0v) is 24.4. The molecule has 0 saturated carbocycles. The summed E-state index contributed by atoms with van der Waals surface area (Å²) >= 11 is 0. The maximum Gasteiger partial charge on any atom is 0.233 e. The number of hydrogen-bond acceptors (Lipinski definition) is 1. The van der Waals surface area contributed by atoms with Crippen molar-refractivity contribution in [2.75, 3.05) is 0 Å². The van der Waals surface area contributed by atoms with Crippen molar-refractivity contribution in [3.05, 3.63) is 176 Å². The minimum absolute atomic E-state index is 0.148. The van der Waals surface area contributed by atoms with Gasteiger partial charge in [-0.2, -0.15) is 0 Å². The molecule has 0 spiro atoms. The van der Waals surface area contributed by atoms with Crippen LogP contribution in [0.1, 0.15) is 25.0 Å². The maximum atomic E-state index is 4.34. The van der Waals surface area contributed by atoms with Gasteiger partial charge in [-0.05, 0) is 17.0 Å². The lowest BCUT2D eigenvalue weighted by Crippen LogP contribution is -2.41. The fourth-order valence-electron chi connectivity index (χ4n) is 5.01. The van der Waals surface area contributed by atoms with E-state index in [0.717, 1.165) is 0 Å². The van der Waals surface area contributed by atoms with Gasteiger partial charge in [-0.25, -0.2) is 4.98 Å². The second-order valence-electron chi connectivity index (χ2n) is 9.97. The Labute approximate surface area is 236 Å². The molecule has 0 bridgehead atoms. The van der Waals surface area contributed by atoms with Gasteiger partial charge >= 0.3 is 0 Å². The third-order valence-corrected chi connectivity index (χ3v) is 9.22. The van der Waals surface area contributed by atoms with Gasteiger partial charge in [0.2, 0.25) is 6.71 Å². The van der Waals surface area contributed by atoms with Crippen LogP contribution in [0.4, 0.5) is 0 Å². The molecule has 0 aliphatic rings. The topological polar surface area (TPSA) is 17.8 Å². The summed E-state index contributed by atoms with van der Waals surface area (Å²) in [5.41, 5.74) is 7.67. The zero-order valence-electron chi connectivity index (χ0n) is 23.0. The molecule has 1 aromatic heterocycles. The van der Waals surface area contributed by atoms with Crippen LogP contribution in [-0.2, 0) is 5.16 Å². The lowest BCUT2D eigenvalue weighted by Gasteiger charge is -2.36. The summed E-state index contributed by atoms with van der Waals surface area (Å²) in [6.07, 6.45) is 8.26. The molecule has 5 rings (SSSR count). The van der Waals surface area contributed by atoms with Gasteiger partial charge < -0.3 is 4.57 Å². The summed E-state index contributed by atoms with van der Waals surface area (Å²) in [4.78, 5) is 4.34. The van der Waals surface area contributed by atoms with E-state index in [1.54, 1.807) is 0 Å². The van der Waals surface area contributed by atoms with Crippen molar-refractivity contribution >= 4 is 27.2 Å². The molecule has 194 valence electrons. The van der Waals surface area contributed by atoms with Gasteiger partial charge in [0.25, 0.3) is 0 Å². The Bertz CT molecular complexity index is 1320. The second kappa shape index (κ2) is 14.1. The Hall–Kier alpha value is -4.15. The van der Waals surface area contributed by atoms with Gasteiger partial charge in [0, 0.05) is 12.4 Å². The Kier molecular flexibility index (Phi) is 10.1. The van der Waals surface area contributed by atoms with Gasteiger partial charge in [-0.3, -0.25) is 0 Å². The second-order valence-corrected chi connectivity index (χ2v) is 11.9. The molecular weight excluding hydrogens is 487 g/mol. The first kappa shape index (κ1) is 27.9. The Morgan fingerprint density at radius 1 is 0.744 bits per heavy atom. The van der Waals surface area contributed by atoms with Crippen molar-refractivity contribution in [3.63, 3.8) is 0 Å². The molecule has 0 unspecified atom stereocenters. The fraction of sp³-hybridized carbons (Fsp3) is 0.114. The lowest BCUT2D eigenvalue weighted by atomic mass is 9.41. The minimum atomic E-state index is -0.647. The van der Waals surface area contributed by atoms with Crippen LogP contribution in [0.2, 0.25) is 0 Å². The fourth-order valence-corrected chi connectivity index (χ4v) is 7.38. The SMILES string of the molecule is C=CB(c1ccccc1)c1ccccc1.CC(C)C=C[SiH2]C(c1ccccc1)(c1ccccc1)n1ccnc1. The van der Waals surface area contributed by atoms with Crippen molar-refractivity contribution in [2.45, 2.75) is 19.0 Å². The molecule has 0 radical (unpaired) electrons. The van der Waals surface area contributed by atoms with Gasteiger partial charge in [0.15, 0.2) is 0 Å². The van der Waals surface area contributed by atoms with Crippen LogP contribution in [-0.4, -0.2) is 25.8 Å². The van der Waals surface area contributed by atoms with Crippen molar-refractivity contribution in [3.8, 4) is 0 Å². The van der Waals surface area contributed by atoms with Crippen LogP contribution in [0.25, 0.3) is 0 Å². The molecule has 0 atom stereocenters. The highest BCUT2D eigenvalue weighted by molar-refractivity contribution is 6.89. The number of rotatable bonds is 9. The molecule has 5 aromatic rings. The molecule has 0 saturated heterocycles. The molecule has 0 aliphatic heterocycles.